The van der Waals surface area contributed by atoms with Gasteiger partial charge in [-0.2, -0.15) is 0 Å². The molecule has 0 bridgehead atoms. The molecule has 114 valence electrons. The number of carbonyl (C=O) groups is 1. The molecule has 1 atom stereocenters. The summed E-state index contributed by atoms with van der Waals surface area (Å²) in [5.74, 6) is 0.935. The summed E-state index contributed by atoms with van der Waals surface area (Å²) in [5.41, 5.74) is 2.50. The molecule has 1 N–H and O–H groups in total. The normalized spacial score (nSPS) is 16.6. The molecule has 0 radical (unpaired) electrons. The van der Waals surface area contributed by atoms with Crippen molar-refractivity contribution in [3.63, 3.8) is 0 Å². The largest absolute Gasteiger partial charge is 0.492 e. The molecule has 0 aliphatic heterocycles. The second kappa shape index (κ2) is 7.12. The second-order valence-electron chi connectivity index (χ2n) is 5.60. The number of para-hydroxylation sites is 1. The SMILES string of the molecule is O=C(NCCOc1ccccc1)[C@H]1CCCc2ccccc21. The maximum atomic E-state index is 12.4. The van der Waals surface area contributed by atoms with Crippen LogP contribution in [0.5, 0.6) is 5.75 Å². The number of hydrogen-bond donors (Lipinski definition) is 1. The standard InChI is InChI=1S/C19H21NO2/c21-19(20-13-14-22-16-9-2-1-3-10-16)18-12-6-8-15-7-4-5-11-17(15)18/h1-5,7,9-11,18H,6,8,12-14H2,(H,20,21)/t18-/m0/s1. The number of carbonyl (C=O) groups excluding carboxylic acids is 1. The second-order valence-corrected chi connectivity index (χ2v) is 5.60. The van der Waals surface area contributed by atoms with E-state index in [1.807, 2.05) is 42.5 Å². The molecule has 0 heterocycles. The Kier molecular flexibility index (Phi) is 4.74. The van der Waals surface area contributed by atoms with Crippen LogP contribution in [0.2, 0.25) is 0 Å². The van der Waals surface area contributed by atoms with Gasteiger partial charge in [0, 0.05) is 0 Å². The fraction of sp³-hybridized carbons (Fsp3) is 0.316. The highest BCUT2D eigenvalue weighted by atomic mass is 16.5. The lowest BCUT2D eigenvalue weighted by atomic mass is 9.82. The van der Waals surface area contributed by atoms with Gasteiger partial charge in [-0.1, -0.05) is 42.5 Å². The predicted octanol–water partition coefficient (Wildman–Crippen LogP) is 3.30. The summed E-state index contributed by atoms with van der Waals surface area (Å²) in [4.78, 5) is 12.4. The quantitative estimate of drug-likeness (QED) is 0.860. The van der Waals surface area contributed by atoms with Gasteiger partial charge in [-0.05, 0) is 42.5 Å². The first-order valence-electron chi connectivity index (χ1n) is 7.88. The molecular formula is C19H21NO2. The highest BCUT2D eigenvalue weighted by Gasteiger charge is 2.25. The first-order chi connectivity index (χ1) is 10.8. The van der Waals surface area contributed by atoms with Crippen LogP contribution in [0.4, 0.5) is 0 Å². The minimum atomic E-state index is -0.0123. The van der Waals surface area contributed by atoms with Gasteiger partial charge in [-0.25, -0.2) is 0 Å². The van der Waals surface area contributed by atoms with E-state index in [1.54, 1.807) is 0 Å². The number of aryl methyl sites for hydroxylation is 1. The van der Waals surface area contributed by atoms with Gasteiger partial charge in [0.25, 0.3) is 0 Å². The highest BCUT2D eigenvalue weighted by molar-refractivity contribution is 5.84. The van der Waals surface area contributed by atoms with E-state index in [4.69, 9.17) is 4.74 Å². The van der Waals surface area contributed by atoms with E-state index in [0.717, 1.165) is 25.0 Å². The van der Waals surface area contributed by atoms with Crippen LogP contribution >= 0.6 is 0 Å². The number of ether oxygens (including phenoxy) is 1. The Bertz CT molecular complexity index is 624. The Morgan fingerprint density at radius 3 is 2.73 bits per heavy atom. The van der Waals surface area contributed by atoms with Crippen LogP contribution in [0.25, 0.3) is 0 Å². The molecule has 0 aromatic heterocycles. The molecule has 1 amide bonds. The van der Waals surface area contributed by atoms with Crippen molar-refractivity contribution in [2.75, 3.05) is 13.2 Å². The zero-order valence-corrected chi connectivity index (χ0v) is 12.6. The molecule has 0 fully saturated rings. The molecule has 0 saturated carbocycles. The van der Waals surface area contributed by atoms with Gasteiger partial charge < -0.3 is 10.1 Å². The van der Waals surface area contributed by atoms with Gasteiger partial charge in [0.05, 0.1) is 12.5 Å². The minimum absolute atomic E-state index is 0.0123. The van der Waals surface area contributed by atoms with Gasteiger partial charge in [0.1, 0.15) is 12.4 Å². The maximum Gasteiger partial charge on any atom is 0.227 e. The average Bonchev–Trinajstić information content (AvgIpc) is 2.59. The number of benzene rings is 2. The Hall–Kier alpha value is -2.29. The molecule has 22 heavy (non-hydrogen) atoms. The van der Waals surface area contributed by atoms with Gasteiger partial charge >= 0.3 is 0 Å². The first-order valence-corrected chi connectivity index (χ1v) is 7.88. The Labute approximate surface area is 131 Å². The van der Waals surface area contributed by atoms with Crippen molar-refractivity contribution in [3.8, 4) is 5.75 Å². The number of fused-ring (bicyclic) bond motifs is 1. The van der Waals surface area contributed by atoms with Gasteiger partial charge in [-0.15, -0.1) is 0 Å². The van der Waals surface area contributed by atoms with Crippen molar-refractivity contribution in [3.05, 3.63) is 65.7 Å². The topological polar surface area (TPSA) is 38.3 Å². The Morgan fingerprint density at radius 1 is 1.09 bits per heavy atom. The molecule has 0 spiro atoms. The monoisotopic (exact) mass is 295 g/mol. The molecule has 2 aromatic carbocycles. The lowest BCUT2D eigenvalue weighted by Gasteiger charge is -2.24. The molecule has 3 rings (SSSR count). The number of nitrogens with one attached hydrogen (secondary N) is 1. The fourth-order valence-electron chi connectivity index (χ4n) is 3.01. The number of hydrogen-bond acceptors (Lipinski definition) is 2. The number of amides is 1. The summed E-state index contributed by atoms with van der Waals surface area (Å²) in [6.45, 7) is 1.02. The van der Waals surface area contributed by atoms with Crippen LogP contribution < -0.4 is 10.1 Å². The average molecular weight is 295 g/mol. The molecule has 0 saturated heterocycles. The van der Waals surface area contributed by atoms with Crippen LogP contribution in [-0.2, 0) is 11.2 Å². The predicted molar refractivity (Wildman–Crippen MR) is 87.1 cm³/mol. The summed E-state index contributed by atoms with van der Waals surface area (Å²) in [6, 6.07) is 17.9. The van der Waals surface area contributed by atoms with Gasteiger partial charge in [0.15, 0.2) is 0 Å². The molecule has 0 unspecified atom stereocenters. The highest BCUT2D eigenvalue weighted by Crippen LogP contribution is 2.31. The molecule has 3 heteroatoms. The fourth-order valence-corrected chi connectivity index (χ4v) is 3.01. The summed E-state index contributed by atoms with van der Waals surface area (Å²) < 4.78 is 5.60. The zero-order chi connectivity index (χ0) is 15.2. The van der Waals surface area contributed by atoms with Gasteiger partial charge in [-0.3, -0.25) is 4.79 Å². The summed E-state index contributed by atoms with van der Waals surface area (Å²) >= 11 is 0. The van der Waals surface area contributed by atoms with E-state index in [9.17, 15) is 4.79 Å². The molecular weight excluding hydrogens is 274 g/mol. The van der Waals surface area contributed by atoms with E-state index in [1.165, 1.54) is 11.1 Å². The third-order valence-electron chi connectivity index (χ3n) is 4.10. The molecule has 3 nitrogen and oxygen atoms in total. The molecule has 1 aliphatic rings. The summed E-state index contributed by atoms with van der Waals surface area (Å²) in [5, 5.41) is 3.00. The van der Waals surface area contributed by atoms with Crippen molar-refractivity contribution >= 4 is 5.91 Å². The lowest BCUT2D eigenvalue weighted by Crippen LogP contribution is -2.34. The van der Waals surface area contributed by atoms with Crippen molar-refractivity contribution in [1.82, 2.24) is 5.32 Å². The minimum Gasteiger partial charge on any atom is -0.492 e. The zero-order valence-electron chi connectivity index (χ0n) is 12.6. The van der Waals surface area contributed by atoms with E-state index < -0.39 is 0 Å². The van der Waals surface area contributed by atoms with E-state index in [0.29, 0.717) is 13.2 Å². The van der Waals surface area contributed by atoms with E-state index >= 15 is 0 Å². The van der Waals surface area contributed by atoms with Crippen molar-refractivity contribution in [2.24, 2.45) is 0 Å². The van der Waals surface area contributed by atoms with E-state index in [-0.39, 0.29) is 11.8 Å². The van der Waals surface area contributed by atoms with Crippen molar-refractivity contribution < 1.29 is 9.53 Å². The van der Waals surface area contributed by atoms with Crippen LogP contribution in [0.15, 0.2) is 54.6 Å². The molecule has 2 aromatic rings. The lowest BCUT2D eigenvalue weighted by molar-refractivity contribution is -0.123. The Morgan fingerprint density at radius 2 is 1.86 bits per heavy atom. The third kappa shape index (κ3) is 3.48. The number of rotatable bonds is 5. The van der Waals surface area contributed by atoms with Crippen LogP contribution in [0, 0.1) is 0 Å². The summed E-state index contributed by atoms with van der Waals surface area (Å²) in [7, 11) is 0. The smallest absolute Gasteiger partial charge is 0.227 e. The van der Waals surface area contributed by atoms with Crippen molar-refractivity contribution in [1.29, 1.82) is 0 Å². The van der Waals surface area contributed by atoms with Crippen LogP contribution in [0.3, 0.4) is 0 Å². The summed E-state index contributed by atoms with van der Waals surface area (Å²) in [6.07, 6.45) is 3.09. The first kappa shape index (κ1) is 14.6. The Balaban J connectivity index is 1.51. The van der Waals surface area contributed by atoms with Gasteiger partial charge in [0.2, 0.25) is 5.91 Å². The molecule has 1 aliphatic carbocycles. The maximum absolute atomic E-state index is 12.4. The van der Waals surface area contributed by atoms with E-state index in [2.05, 4.69) is 17.4 Å². The third-order valence-corrected chi connectivity index (χ3v) is 4.10. The van der Waals surface area contributed by atoms with Crippen molar-refractivity contribution in [2.45, 2.75) is 25.2 Å². The van der Waals surface area contributed by atoms with Crippen LogP contribution in [-0.4, -0.2) is 19.1 Å². The van der Waals surface area contributed by atoms with Crippen LogP contribution in [0.1, 0.15) is 29.9 Å².